The Morgan fingerprint density at radius 3 is 2.53 bits per heavy atom. The molecule has 0 aliphatic carbocycles. The highest BCUT2D eigenvalue weighted by Gasteiger charge is 2.07. The molecule has 0 bridgehead atoms. The first kappa shape index (κ1) is 13.7. The van der Waals surface area contributed by atoms with E-state index in [1.165, 1.54) is 6.42 Å². The standard InChI is InChI=1S/C13H23N3O/c1-9(2)6-7-10(3)14-13-15-11(4)8-12(16-13)17-5/h8-10H,6-7H2,1-5H3,(H,14,15,16). The van der Waals surface area contributed by atoms with Crippen LogP contribution in [0.1, 0.15) is 39.3 Å². The number of nitrogens with one attached hydrogen (secondary N) is 1. The van der Waals surface area contributed by atoms with E-state index >= 15 is 0 Å². The highest BCUT2D eigenvalue weighted by atomic mass is 16.5. The Labute approximate surface area is 104 Å². The van der Waals surface area contributed by atoms with Gasteiger partial charge in [-0.25, -0.2) is 4.98 Å². The second kappa shape index (κ2) is 6.42. The summed E-state index contributed by atoms with van der Waals surface area (Å²) in [6.45, 7) is 8.56. The Kier molecular flexibility index (Phi) is 5.19. The molecule has 1 aromatic heterocycles. The van der Waals surface area contributed by atoms with Gasteiger partial charge in [0.25, 0.3) is 0 Å². The molecule has 0 fully saturated rings. The van der Waals surface area contributed by atoms with Crippen LogP contribution in [0.5, 0.6) is 5.88 Å². The molecule has 0 aliphatic rings. The number of methoxy groups -OCH3 is 1. The molecule has 4 nitrogen and oxygen atoms in total. The minimum atomic E-state index is 0.379. The van der Waals surface area contributed by atoms with Gasteiger partial charge < -0.3 is 10.1 Å². The number of hydrogen-bond donors (Lipinski definition) is 1. The van der Waals surface area contributed by atoms with E-state index in [-0.39, 0.29) is 0 Å². The molecule has 1 aromatic rings. The van der Waals surface area contributed by atoms with Crippen molar-refractivity contribution in [2.24, 2.45) is 5.92 Å². The van der Waals surface area contributed by atoms with Crippen LogP contribution in [-0.2, 0) is 0 Å². The summed E-state index contributed by atoms with van der Waals surface area (Å²) in [4.78, 5) is 8.62. The smallest absolute Gasteiger partial charge is 0.226 e. The average Bonchev–Trinajstić information content (AvgIpc) is 2.25. The first-order valence-corrected chi connectivity index (χ1v) is 6.17. The summed E-state index contributed by atoms with van der Waals surface area (Å²) in [5, 5.41) is 3.31. The van der Waals surface area contributed by atoms with Crippen LogP contribution in [0.3, 0.4) is 0 Å². The van der Waals surface area contributed by atoms with Crippen LogP contribution in [-0.4, -0.2) is 23.1 Å². The molecule has 17 heavy (non-hydrogen) atoms. The van der Waals surface area contributed by atoms with Crippen molar-refractivity contribution in [1.29, 1.82) is 0 Å². The highest BCUT2D eigenvalue weighted by Crippen LogP contribution is 2.14. The van der Waals surface area contributed by atoms with E-state index in [9.17, 15) is 0 Å². The van der Waals surface area contributed by atoms with Crippen molar-refractivity contribution >= 4 is 5.95 Å². The zero-order chi connectivity index (χ0) is 12.8. The van der Waals surface area contributed by atoms with E-state index in [4.69, 9.17) is 4.74 Å². The quantitative estimate of drug-likeness (QED) is 0.826. The predicted octanol–water partition coefficient (Wildman–Crippen LogP) is 3.03. The fraction of sp³-hybridized carbons (Fsp3) is 0.692. The minimum absolute atomic E-state index is 0.379. The topological polar surface area (TPSA) is 47.0 Å². The lowest BCUT2D eigenvalue weighted by molar-refractivity contribution is 0.396. The molecule has 0 spiro atoms. The van der Waals surface area contributed by atoms with Crippen LogP contribution >= 0.6 is 0 Å². The molecule has 1 heterocycles. The maximum Gasteiger partial charge on any atom is 0.226 e. The van der Waals surface area contributed by atoms with Crippen molar-refractivity contribution < 1.29 is 4.74 Å². The van der Waals surface area contributed by atoms with Crippen LogP contribution in [0.4, 0.5) is 5.95 Å². The second-order valence-corrected chi connectivity index (χ2v) is 4.89. The van der Waals surface area contributed by atoms with Crippen LogP contribution in [0.2, 0.25) is 0 Å². The summed E-state index contributed by atoms with van der Waals surface area (Å²) in [5.41, 5.74) is 0.912. The Bertz CT molecular complexity index is 353. The number of nitrogens with zero attached hydrogens (tertiary/aromatic N) is 2. The summed E-state index contributed by atoms with van der Waals surface area (Å²) in [6.07, 6.45) is 2.33. The van der Waals surface area contributed by atoms with Gasteiger partial charge in [0.05, 0.1) is 7.11 Å². The normalized spacial score (nSPS) is 12.6. The van der Waals surface area contributed by atoms with Gasteiger partial charge in [-0.2, -0.15) is 4.98 Å². The van der Waals surface area contributed by atoms with Gasteiger partial charge >= 0.3 is 0 Å². The van der Waals surface area contributed by atoms with E-state index < -0.39 is 0 Å². The number of hydrogen-bond acceptors (Lipinski definition) is 4. The average molecular weight is 237 g/mol. The molecule has 4 heteroatoms. The molecule has 1 rings (SSSR count). The maximum atomic E-state index is 5.12. The number of rotatable bonds is 6. The molecule has 1 atom stereocenters. The van der Waals surface area contributed by atoms with E-state index in [0.717, 1.165) is 18.0 Å². The molecule has 0 amide bonds. The third kappa shape index (κ3) is 5.02. The lowest BCUT2D eigenvalue weighted by atomic mass is 10.0. The van der Waals surface area contributed by atoms with Crippen LogP contribution in [0.25, 0.3) is 0 Å². The Morgan fingerprint density at radius 1 is 1.24 bits per heavy atom. The van der Waals surface area contributed by atoms with Gasteiger partial charge in [-0.1, -0.05) is 13.8 Å². The Hall–Kier alpha value is -1.32. The maximum absolute atomic E-state index is 5.12. The molecule has 0 radical (unpaired) electrons. The van der Waals surface area contributed by atoms with E-state index in [1.807, 2.05) is 13.0 Å². The number of aryl methyl sites for hydroxylation is 1. The van der Waals surface area contributed by atoms with Crippen LogP contribution < -0.4 is 10.1 Å². The van der Waals surface area contributed by atoms with E-state index in [0.29, 0.717) is 17.9 Å². The third-order valence-corrected chi connectivity index (χ3v) is 2.59. The monoisotopic (exact) mass is 237 g/mol. The van der Waals surface area contributed by atoms with Gasteiger partial charge in [0.2, 0.25) is 11.8 Å². The third-order valence-electron chi connectivity index (χ3n) is 2.59. The van der Waals surface area contributed by atoms with Gasteiger partial charge in [0, 0.05) is 17.8 Å². The first-order valence-electron chi connectivity index (χ1n) is 6.17. The number of ether oxygens (including phenoxy) is 1. The van der Waals surface area contributed by atoms with Gasteiger partial charge in [-0.3, -0.25) is 0 Å². The lowest BCUT2D eigenvalue weighted by Crippen LogP contribution is -2.18. The Balaban J connectivity index is 2.58. The number of anilines is 1. The van der Waals surface area contributed by atoms with Crippen molar-refractivity contribution in [2.75, 3.05) is 12.4 Å². The molecular weight excluding hydrogens is 214 g/mol. The van der Waals surface area contributed by atoms with Crippen molar-refractivity contribution in [3.8, 4) is 5.88 Å². The molecule has 0 aliphatic heterocycles. The van der Waals surface area contributed by atoms with Crippen molar-refractivity contribution in [3.63, 3.8) is 0 Å². The van der Waals surface area contributed by atoms with E-state index in [2.05, 4.69) is 36.1 Å². The molecule has 96 valence electrons. The molecule has 0 saturated heterocycles. The predicted molar refractivity (Wildman–Crippen MR) is 70.5 cm³/mol. The fourth-order valence-corrected chi connectivity index (χ4v) is 1.58. The summed E-state index contributed by atoms with van der Waals surface area (Å²) in [7, 11) is 1.62. The summed E-state index contributed by atoms with van der Waals surface area (Å²) < 4.78 is 5.12. The summed E-state index contributed by atoms with van der Waals surface area (Å²) >= 11 is 0. The lowest BCUT2D eigenvalue weighted by Gasteiger charge is -2.15. The van der Waals surface area contributed by atoms with Crippen molar-refractivity contribution in [3.05, 3.63) is 11.8 Å². The molecule has 1 N–H and O–H groups in total. The summed E-state index contributed by atoms with van der Waals surface area (Å²) in [5.74, 6) is 1.99. The first-order chi connectivity index (χ1) is 8.01. The summed E-state index contributed by atoms with van der Waals surface area (Å²) in [6, 6.07) is 2.20. The molecule has 1 unspecified atom stereocenters. The molecular formula is C13H23N3O. The molecule has 0 saturated carbocycles. The molecule has 0 aromatic carbocycles. The zero-order valence-corrected chi connectivity index (χ0v) is 11.4. The highest BCUT2D eigenvalue weighted by molar-refractivity contribution is 5.31. The van der Waals surface area contributed by atoms with E-state index in [1.54, 1.807) is 7.11 Å². The van der Waals surface area contributed by atoms with Crippen molar-refractivity contribution in [1.82, 2.24) is 9.97 Å². The Morgan fingerprint density at radius 2 is 1.94 bits per heavy atom. The van der Waals surface area contributed by atoms with Gasteiger partial charge in [-0.05, 0) is 32.6 Å². The SMILES string of the molecule is COc1cc(C)nc(NC(C)CCC(C)C)n1. The van der Waals surface area contributed by atoms with Gasteiger partial charge in [0.1, 0.15) is 0 Å². The minimum Gasteiger partial charge on any atom is -0.481 e. The number of aromatic nitrogens is 2. The zero-order valence-electron chi connectivity index (χ0n) is 11.4. The van der Waals surface area contributed by atoms with Crippen molar-refractivity contribution in [2.45, 2.75) is 46.6 Å². The van der Waals surface area contributed by atoms with Gasteiger partial charge in [-0.15, -0.1) is 0 Å². The van der Waals surface area contributed by atoms with Crippen LogP contribution in [0.15, 0.2) is 6.07 Å². The largest absolute Gasteiger partial charge is 0.481 e. The fourth-order valence-electron chi connectivity index (χ4n) is 1.58. The van der Waals surface area contributed by atoms with Gasteiger partial charge in [0.15, 0.2) is 0 Å². The van der Waals surface area contributed by atoms with Crippen LogP contribution in [0, 0.1) is 12.8 Å². The second-order valence-electron chi connectivity index (χ2n) is 4.89.